The Labute approximate surface area is 250 Å². The van der Waals surface area contributed by atoms with Crippen molar-refractivity contribution < 1.29 is 18.0 Å². The summed E-state index contributed by atoms with van der Waals surface area (Å²) in [7, 11) is -3.64. The number of unbranched alkanes of at least 4 members (excludes halogenated alkanes) is 2. The second-order valence-corrected chi connectivity index (χ2v) is 14.2. The molecule has 0 radical (unpaired) electrons. The van der Waals surface area contributed by atoms with Gasteiger partial charge in [-0.3, -0.25) is 14.5 Å². The molecule has 2 amide bonds. The number of anilines is 1. The third-order valence-corrected chi connectivity index (χ3v) is 11.1. The maximum Gasteiger partial charge on any atom is 0.257 e. The highest BCUT2D eigenvalue weighted by molar-refractivity contribution is 7.89. The molecule has 3 heterocycles. The molecule has 8 nitrogen and oxygen atoms in total. The molecule has 2 aliphatic heterocycles. The van der Waals surface area contributed by atoms with Gasteiger partial charge < -0.3 is 10.2 Å². The zero-order chi connectivity index (χ0) is 29.4. The summed E-state index contributed by atoms with van der Waals surface area (Å²) in [6, 6.07) is 6.19. The van der Waals surface area contributed by atoms with Crippen molar-refractivity contribution in [2.45, 2.75) is 90.0 Å². The Hall–Kier alpha value is -2.27. The number of benzene rings is 1. The summed E-state index contributed by atoms with van der Waals surface area (Å²) in [6.07, 6.45) is 8.49. The maximum atomic E-state index is 13.7. The number of amides is 2. The number of nitrogens with one attached hydrogen (secondary N) is 1. The normalized spacial score (nSPS) is 16.1. The van der Waals surface area contributed by atoms with Crippen molar-refractivity contribution in [1.82, 2.24) is 14.1 Å². The molecule has 0 spiro atoms. The van der Waals surface area contributed by atoms with Gasteiger partial charge in [0.25, 0.3) is 11.8 Å². The van der Waals surface area contributed by atoms with Crippen LogP contribution in [0.5, 0.6) is 0 Å². The molecule has 0 bridgehead atoms. The largest absolute Gasteiger partial charge is 0.339 e. The van der Waals surface area contributed by atoms with E-state index >= 15 is 0 Å². The van der Waals surface area contributed by atoms with Crippen molar-refractivity contribution >= 4 is 38.2 Å². The number of rotatable bonds is 13. The SMILES string of the molecule is CCCCN(CCCC)S(=O)(=O)c1ccc(C(=O)Nc2sc3c(c2C(=O)N2CCCCC2)CCN(CCC)C3)cc1. The van der Waals surface area contributed by atoms with E-state index in [1.165, 1.54) is 23.5 Å². The van der Waals surface area contributed by atoms with E-state index in [1.54, 1.807) is 16.4 Å². The van der Waals surface area contributed by atoms with Crippen LogP contribution >= 0.6 is 11.3 Å². The first-order valence-electron chi connectivity index (χ1n) is 15.4. The minimum Gasteiger partial charge on any atom is -0.339 e. The van der Waals surface area contributed by atoms with Crippen molar-refractivity contribution in [3.8, 4) is 0 Å². The number of sulfonamides is 1. The van der Waals surface area contributed by atoms with Crippen molar-refractivity contribution in [3.05, 3.63) is 45.8 Å². The van der Waals surface area contributed by atoms with Crippen molar-refractivity contribution in [3.63, 3.8) is 0 Å². The first-order chi connectivity index (χ1) is 19.8. The van der Waals surface area contributed by atoms with Crippen molar-refractivity contribution in [1.29, 1.82) is 0 Å². The highest BCUT2D eigenvalue weighted by atomic mass is 32.2. The van der Waals surface area contributed by atoms with E-state index < -0.39 is 10.0 Å². The minimum absolute atomic E-state index is 0.0159. The summed E-state index contributed by atoms with van der Waals surface area (Å²) in [6.45, 7) is 11.5. The van der Waals surface area contributed by atoms with Gasteiger partial charge in [-0.2, -0.15) is 4.31 Å². The average molecular weight is 603 g/mol. The van der Waals surface area contributed by atoms with Crippen LogP contribution in [0.25, 0.3) is 0 Å². The number of hydrogen-bond acceptors (Lipinski definition) is 6. The Bertz CT molecular complexity index is 1280. The number of thiophene rings is 1. The van der Waals surface area contributed by atoms with Gasteiger partial charge in [0.05, 0.1) is 10.5 Å². The molecule has 226 valence electrons. The fraction of sp³-hybridized carbons (Fsp3) is 0.613. The molecule has 2 aliphatic rings. The molecule has 1 N–H and O–H groups in total. The quantitative estimate of drug-likeness (QED) is 0.304. The lowest BCUT2D eigenvalue weighted by Crippen LogP contribution is -2.37. The third-order valence-electron chi connectivity index (χ3n) is 8.04. The predicted octanol–water partition coefficient (Wildman–Crippen LogP) is 5.99. The molecule has 1 saturated heterocycles. The van der Waals surface area contributed by atoms with E-state index in [2.05, 4.69) is 31.0 Å². The molecule has 0 aliphatic carbocycles. The molecule has 10 heteroatoms. The van der Waals surface area contributed by atoms with Crippen LogP contribution in [0, 0.1) is 0 Å². The van der Waals surface area contributed by atoms with Gasteiger partial charge in [0.2, 0.25) is 10.0 Å². The van der Waals surface area contributed by atoms with Gasteiger partial charge in [-0.15, -0.1) is 11.3 Å². The predicted molar refractivity (Wildman–Crippen MR) is 166 cm³/mol. The summed E-state index contributed by atoms with van der Waals surface area (Å²) in [5.41, 5.74) is 2.10. The molecule has 41 heavy (non-hydrogen) atoms. The highest BCUT2D eigenvalue weighted by Gasteiger charge is 2.32. The van der Waals surface area contributed by atoms with Crippen LogP contribution in [0.15, 0.2) is 29.2 Å². The van der Waals surface area contributed by atoms with Crippen molar-refractivity contribution in [2.24, 2.45) is 0 Å². The fourth-order valence-electron chi connectivity index (χ4n) is 5.66. The third kappa shape index (κ3) is 7.58. The Kier molecular flexibility index (Phi) is 11.4. The van der Waals surface area contributed by atoms with Crippen LogP contribution in [0.2, 0.25) is 0 Å². The number of carbonyl (C=O) groups is 2. The van der Waals surface area contributed by atoms with Crippen LogP contribution in [0.4, 0.5) is 5.00 Å². The Morgan fingerprint density at radius 3 is 2.20 bits per heavy atom. The molecule has 1 aromatic carbocycles. The first-order valence-corrected chi connectivity index (χ1v) is 17.6. The lowest BCUT2D eigenvalue weighted by atomic mass is 10.0. The standard InChI is InChI=1S/C31H46N4O4S2/c1-4-7-20-35(21-8-5-2)41(38,39)25-14-12-24(13-15-25)29(36)32-30-28(31(37)34-18-10-9-11-19-34)26-16-22-33(17-6-3)23-27(26)40-30/h12-15H,4-11,16-23H2,1-3H3,(H,32,36). The lowest BCUT2D eigenvalue weighted by molar-refractivity contribution is 0.0724. The number of carbonyl (C=O) groups excluding carboxylic acids is 2. The minimum atomic E-state index is -3.64. The summed E-state index contributed by atoms with van der Waals surface area (Å²) in [4.78, 5) is 32.9. The van der Waals surface area contributed by atoms with Gasteiger partial charge in [0.15, 0.2) is 0 Å². The van der Waals surface area contributed by atoms with Crippen LogP contribution in [0.1, 0.15) is 103 Å². The van der Waals surface area contributed by atoms with Gasteiger partial charge in [-0.1, -0.05) is 33.6 Å². The zero-order valence-corrected chi connectivity index (χ0v) is 26.5. The van der Waals surface area contributed by atoms with Crippen LogP contribution < -0.4 is 5.32 Å². The van der Waals surface area contributed by atoms with Gasteiger partial charge in [0.1, 0.15) is 5.00 Å². The molecule has 0 unspecified atom stereocenters. The molecule has 2 aromatic rings. The van der Waals surface area contributed by atoms with E-state index in [9.17, 15) is 18.0 Å². The van der Waals surface area contributed by atoms with E-state index in [-0.39, 0.29) is 16.7 Å². The molecule has 1 aromatic heterocycles. The fourth-order valence-corrected chi connectivity index (χ4v) is 8.45. The summed E-state index contributed by atoms with van der Waals surface area (Å²) in [5.74, 6) is -0.318. The molecule has 1 fully saturated rings. The highest BCUT2D eigenvalue weighted by Crippen LogP contribution is 2.38. The topological polar surface area (TPSA) is 90.0 Å². The molecule has 4 rings (SSSR count). The number of fused-ring (bicyclic) bond motifs is 1. The summed E-state index contributed by atoms with van der Waals surface area (Å²) < 4.78 is 28.3. The Morgan fingerprint density at radius 2 is 1.59 bits per heavy atom. The van der Waals surface area contributed by atoms with Crippen molar-refractivity contribution in [2.75, 3.05) is 44.6 Å². The summed E-state index contributed by atoms with van der Waals surface area (Å²) in [5, 5.41) is 3.65. The van der Waals surface area contributed by atoms with Gasteiger partial charge in [0, 0.05) is 49.7 Å². The number of nitrogens with zero attached hydrogens (tertiary/aromatic N) is 3. The molecule has 0 atom stereocenters. The Balaban J connectivity index is 1.56. The monoisotopic (exact) mass is 602 g/mol. The van der Waals surface area contributed by atoms with E-state index in [0.717, 1.165) is 101 Å². The molecular formula is C31H46N4O4S2. The second kappa shape index (κ2) is 14.8. The number of likely N-dealkylation sites (tertiary alicyclic amines) is 1. The van der Waals surface area contributed by atoms with Gasteiger partial charge in [-0.05, 0) is 81.3 Å². The zero-order valence-electron chi connectivity index (χ0n) is 24.9. The molecule has 0 saturated carbocycles. The van der Waals surface area contributed by atoms with Crippen LogP contribution in [-0.4, -0.2) is 73.6 Å². The van der Waals surface area contributed by atoms with Crippen LogP contribution in [-0.2, 0) is 23.0 Å². The number of hydrogen-bond donors (Lipinski definition) is 1. The van der Waals surface area contributed by atoms with E-state index in [1.807, 2.05) is 4.90 Å². The smallest absolute Gasteiger partial charge is 0.257 e. The lowest BCUT2D eigenvalue weighted by Gasteiger charge is -2.29. The van der Waals surface area contributed by atoms with E-state index in [0.29, 0.717) is 29.2 Å². The van der Waals surface area contributed by atoms with E-state index in [4.69, 9.17) is 0 Å². The van der Waals surface area contributed by atoms with Gasteiger partial charge in [-0.25, -0.2) is 8.42 Å². The average Bonchev–Trinajstić information content (AvgIpc) is 3.34. The summed E-state index contributed by atoms with van der Waals surface area (Å²) >= 11 is 1.51. The van der Waals surface area contributed by atoms with Gasteiger partial charge >= 0.3 is 0 Å². The second-order valence-electron chi connectivity index (χ2n) is 11.2. The maximum absolute atomic E-state index is 13.7. The molecular weight excluding hydrogens is 556 g/mol. The Morgan fingerprint density at radius 1 is 0.927 bits per heavy atom. The number of piperidine rings is 1. The van der Waals surface area contributed by atoms with Crippen LogP contribution in [0.3, 0.4) is 0 Å². The first kappa shape index (κ1) is 31.7.